The minimum absolute atomic E-state index is 1.04. The molecular formula is C18H21N3. The Labute approximate surface area is 125 Å². The predicted molar refractivity (Wildman–Crippen MR) is 88.3 cm³/mol. The van der Waals surface area contributed by atoms with Crippen LogP contribution in [0.2, 0.25) is 0 Å². The van der Waals surface area contributed by atoms with Crippen LogP contribution in [0.25, 0.3) is 10.9 Å². The summed E-state index contributed by atoms with van der Waals surface area (Å²) in [4.78, 5) is 3.55. The molecule has 0 atom stereocenters. The van der Waals surface area contributed by atoms with Gasteiger partial charge in [-0.15, -0.1) is 0 Å². The number of hydrogen-bond acceptors (Lipinski definition) is 2. The second kappa shape index (κ2) is 5.47. The summed E-state index contributed by atoms with van der Waals surface area (Å²) >= 11 is 0. The van der Waals surface area contributed by atoms with E-state index in [-0.39, 0.29) is 0 Å². The first-order valence-corrected chi connectivity index (χ1v) is 8.14. The molecule has 1 aromatic carbocycles. The highest BCUT2D eigenvalue weighted by Gasteiger charge is 2.20. The summed E-state index contributed by atoms with van der Waals surface area (Å²) in [5, 5.41) is 10.5. The topological polar surface area (TPSA) is 40.5 Å². The standard InChI is InChI=1S/C18H21N3/c1-2-7-13(8-3-1)20-21-17-12-6-10-15-14-9-4-5-11-16(14)19-18(15)17/h4-5,9,11,19H,1-3,6-8,10,12H2/b21-17-. The zero-order valence-corrected chi connectivity index (χ0v) is 12.4. The third-order valence-corrected chi connectivity index (χ3v) is 4.69. The monoisotopic (exact) mass is 279 g/mol. The van der Waals surface area contributed by atoms with Crippen LogP contribution in [0.5, 0.6) is 0 Å². The van der Waals surface area contributed by atoms with E-state index < -0.39 is 0 Å². The number of aryl methyl sites for hydroxylation is 1. The number of benzene rings is 1. The van der Waals surface area contributed by atoms with Crippen LogP contribution in [0.3, 0.4) is 0 Å². The summed E-state index contributed by atoms with van der Waals surface area (Å²) in [6, 6.07) is 8.56. The van der Waals surface area contributed by atoms with E-state index in [0.717, 1.165) is 31.4 Å². The molecule has 0 radical (unpaired) electrons. The molecule has 0 spiro atoms. The van der Waals surface area contributed by atoms with Crippen molar-refractivity contribution in [1.82, 2.24) is 4.98 Å². The maximum absolute atomic E-state index is 4.62. The fraction of sp³-hybridized carbons (Fsp3) is 0.444. The molecule has 0 amide bonds. The van der Waals surface area contributed by atoms with Gasteiger partial charge in [0, 0.05) is 16.6 Å². The summed E-state index contributed by atoms with van der Waals surface area (Å²) in [7, 11) is 0. The molecule has 4 rings (SSSR count). The van der Waals surface area contributed by atoms with E-state index in [1.807, 2.05) is 0 Å². The van der Waals surface area contributed by atoms with Crippen molar-refractivity contribution >= 4 is 22.3 Å². The quantitative estimate of drug-likeness (QED) is 0.740. The number of nitrogens with one attached hydrogen (secondary N) is 1. The minimum atomic E-state index is 1.04. The van der Waals surface area contributed by atoms with Crippen LogP contribution >= 0.6 is 0 Å². The molecule has 0 aliphatic heterocycles. The maximum Gasteiger partial charge on any atom is 0.0867 e. The number of aromatic amines is 1. The molecule has 0 bridgehead atoms. The highest BCUT2D eigenvalue weighted by Crippen LogP contribution is 2.29. The lowest BCUT2D eigenvalue weighted by Gasteiger charge is -2.14. The summed E-state index contributed by atoms with van der Waals surface area (Å²) in [6.45, 7) is 0. The molecular weight excluding hydrogens is 258 g/mol. The summed E-state index contributed by atoms with van der Waals surface area (Å²) < 4.78 is 0. The van der Waals surface area contributed by atoms with Gasteiger partial charge in [0.1, 0.15) is 0 Å². The molecule has 2 aromatic rings. The highest BCUT2D eigenvalue weighted by atomic mass is 15.2. The Balaban J connectivity index is 1.72. The fourth-order valence-electron chi connectivity index (χ4n) is 3.55. The normalized spacial score (nSPS) is 20.8. The zero-order chi connectivity index (χ0) is 14.1. The zero-order valence-electron chi connectivity index (χ0n) is 12.4. The van der Waals surface area contributed by atoms with E-state index in [4.69, 9.17) is 0 Å². The first-order chi connectivity index (χ1) is 10.4. The summed E-state index contributed by atoms with van der Waals surface area (Å²) in [5.74, 6) is 0. The van der Waals surface area contributed by atoms with Crippen LogP contribution in [0.15, 0.2) is 34.5 Å². The molecule has 2 aliphatic carbocycles. The van der Waals surface area contributed by atoms with Gasteiger partial charge < -0.3 is 4.98 Å². The number of rotatable bonds is 1. The molecule has 1 saturated carbocycles. The van der Waals surface area contributed by atoms with Gasteiger partial charge >= 0.3 is 0 Å². The van der Waals surface area contributed by atoms with Gasteiger partial charge in [-0.25, -0.2) is 0 Å². The average molecular weight is 279 g/mol. The lowest BCUT2D eigenvalue weighted by Crippen LogP contribution is -2.11. The van der Waals surface area contributed by atoms with Crippen molar-refractivity contribution in [3.05, 3.63) is 35.5 Å². The second-order valence-corrected chi connectivity index (χ2v) is 6.15. The number of nitrogens with zero attached hydrogens (tertiary/aromatic N) is 2. The minimum Gasteiger partial charge on any atom is -0.353 e. The second-order valence-electron chi connectivity index (χ2n) is 6.15. The van der Waals surface area contributed by atoms with Crippen LogP contribution in [0.4, 0.5) is 0 Å². The highest BCUT2D eigenvalue weighted by molar-refractivity contribution is 6.06. The average Bonchev–Trinajstić information content (AvgIpc) is 2.93. The molecule has 0 unspecified atom stereocenters. The first-order valence-electron chi connectivity index (χ1n) is 8.14. The number of H-pyrrole nitrogens is 1. The third kappa shape index (κ3) is 2.41. The molecule has 1 N–H and O–H groups in total. The Morgan fingerprint density at radius 1 is 0.810 bits per heavy atom. The van der Waals surface area contributed by atoms with Crippen molar-refractivity contribution in [1.29, 1.82) is 0 Å². The van der Waals surface area contributed by atoms with Crippen LogP contribution < -0.4 is 0 Å². The van der Waals surface area contributed by atoms with E-state index in [1.54, 1.807) is 0 Å². The van der Waals surface area contributed by atoms with Crippen molar-refractivity contribution < 1.29 is 0 Å². The van der Waals surface area contributed by atoms with E-state index in [9.17, 15) is 0 Å². The largest absolute Gasteiger partial charge is 0.353 e. The predicted octanol–water partition coefficient (Wildman–Crippen LogP) is 4.61. The number of hydrogen-bond donors (Lipinski definition) is 1. The van der Waals surface area contributed by atoms with Crippen molar-refractivity contribution in [3.63, 3.8) is 0 Å². The molecule has 3 heteroatoms. The number of fused-ring (bicyclic) bond motifs is 3. The van der Waals surface area contributed by atoms with Gasteiger partial charge in [-0.2, -0.15) is 10.2 Å². The lowest BCUT2D eigenvalue weighted by molar-refractivity contribution is 0.664. The Hall–Kier alpha value is -1.90. The number of aromatic nitrogens is 1. The van der Waals surface area contributed by atoms with Gasteiger partial charge in [-0.1, -0.05) is 24.6 Å². The fourth-order valence-corrected chi connectivity index (χ4v) is 3.55. The van der Waals surface area contributed by atoms with Gasteiger partial charge in [-0.3, -0.25) is 0 Å². The van der Waals surface area contributed by atoms with E-state index >= 15 is 0 Å². The van der Waals surface area contributed by atoms with Crippen molar-refractivity contribution in [3.8, 4) is 0 Å². The number of para-hydroxylation sites is 1. The Morgan fingerprint density at radius 3 is 2.57 bits per heavy atom. The molecule has 0 saturated heterocycles. The van der Waals surface area contributed by atoms with Crippen LogP contribution in [0, 0.1) is 0 Å². The van der Waals surface area contributed by atoms with E-state index in [0.29, 0.717) is 0 Å². The Morgan fingerprint density at radius 2 is 1.67 bits per heavy atom. The summed E-state index contributed by atoms with van der Waals surface area (Å²) in [6.07, 6.45) is 9.54. The van der Waals surface area contributed by atoms with Gasteiger partial charge in [0.05, 0.1) is 11.4 Å². The van der Waals surface area contributed by atoms with Gasteiger partial charge in [0.15, 0.2) is 0 Å². The van der Waals surface area contributed by atoms with E-state index in [1.165, 1.54) is 53.6 Å². The van der Waals surface area contributed by atoms with Crippen molar-refractivity contribution in [2.45, 2.75) is 51.4 Å². The Bertz CT molecular complexity index is 713. The summed E-state index contributed by atoms with van der Waals surface area (Å²) in [5.41, 5.74) is 6.31. The molecule has 108 valence electrons. The third-order valence-electron chi connectivity index (χ3n) is 4.69. The molecule has 2 aliphatic rings. The van der Waals surface area contributed by atoms with Crippen LogP contribution in [-0.4, -0.2) is 16.4 Å². The van der Waals surface area contributed by atoms with Crippen molar-refractivity contribution in [2.75, 3.05) is 0 Å². The molecule has 1 fully saturated rings. The lowest BCUT2D eigenvalue weighted by atomic mass is 9.94. The Kier molecular flexibility index (Phi) is 3.34. The molecule has 1 aromatic heterocycles. The molecule has 3 nitrogen and oxygen atoms in total. The smallest absolute Gasteiger partial charge is 0.0867 e. The van der Waals surface area contributed by atoms with Crippen LogP contribution in [-0.2, 0) is 6.42 Å². The first kappa shape index (κ1) is 12.8. The van der Waals surface area contributed by atoms with Crippen molar-refractivity contribution in [2.24, 2.45) is 10.2 Å². The van der Waals surface area contributed by atoms with Gasteiger partial charge in [0.25, 0.3) is 0 Å². The van der Waals surface area contributed by atoms with E-state index in [2.05, 4.69) is 39.5 Å². The maximum atomic E-state index is 4.62. The molecule has 21 heavy (non-hydrogen) atoms. The SMILES string of the molecule is c1ccc2c3c([nH]c2c1)/C(=N\N=C1CCCCC1)CCC3. The van der Waals surface area contributed by atoms with Crippen LogP contribution in [0.1, 0.15) is 56.2 Å². The molecule has 1 heterocycles. The van der Waals surface area contributed by atoms with Gasteiger partial charge in [-0.05, 0) is 56.6 Å². The van der Waals surface area contributed by atoms with Gasteiger partial charge in [0.2, 0.25) is 0 Å².